The molecule has 6 nitrogen and oxygen atoms in total. The first kappa shape index (κ1) is 36.2. The van der Waals surface area contributed by atoms with Crippen LogP contribution in [0.3, 0.4) is 0 Å². The summed E-state index contributed by atoms with van der Waals surface area (Å²) in [4.78, 5) is 0. The second-order valence-corrected chi connectivity index (χ2v) is 16.0. The van der Waals surface area contributed by atoms with Gasteiger partial charge in [0.2, 0.25) is 0 Å². The van der Waals surface area contributed by atoms with Crippen molar-refractivity contribution in [2.75, 3.05) is 0 Å². The smallest absolute Gasteiger partial charge is 0.0991 e. The van der Waals surface area contributed by atoms with Crippen LogP contribution in [0.25, 0.3) is 98.8 Å². The third-order valence-corrected chi connectivity index (χ3v) is 12.3. The van der Waals surface area contributed by atoms with Gasteiger partial charge in [0, 0.05) is 32.9 Å². The van der Waals surface area contributed by atoms with Crippen LogP contribution >= 0.6 is 0 Å². The summed E-state index contributed by atoms with van der Waals surface area (Å²) < 4.78 is 4.48. The molecule has 6 heteroatoms. The van der Waals surface area contributed by atoms with E-state index < -0.39 is 0 Å². The normalized spacial score (nSPS) is 11.3. The molecule has 0 atom stereocenters. The molecule has 9 aromatic carbocycles. The largest absolute Gasteiger partial charge is 0.309 e. The molecule has 0 fully saturated rings. The minimum atomic E-state index is 0.562. The molecule has 0 amide bonds. The molecular formula is C56H32N6. The van der Waals surface area contributed by atoms with Gasteiger partial charge in [-0.1, -0.05) is 71.8 Å². The van der Waals surface area contributed by atoms with Gasteiger partial charge in [0.15, 0.2) is 0 Å². The summed E-state index contributed by atoms with van der Waals surface area (Å²) in [6, 6.07) is 63.1. The minimum Gasteiger partial charge on any atom is -0.309 e. The summed E-state index contributed by atoms with van der Waals surface area (Å²) in [5, 5.41) is 47.5. The predicted octanol–water partition coefficient (Wildman–Crippen LogP) is 13.6. The third kappa shape index (κ3) is 5.46. The van der Waals surface area contributed by atoms with E-state index in [-0.39, 0.29) is 0 Å². The third-order valence-electron chi connectivity index (χ3n) is 12.3. The highest BCUT2D eigenvalue weighted by atomic mass is 15.0. The molecule has 0 bridgehead atoms. The van der Waals surface area contributed by atoms with Crippen molar-refractivity contribution in [1.82, 2.24) is 9.13 Å². The maximum Gasteiger partial charge on any atom is 0.0991 e. The molecule has 2 heterocycles. The Hall–Kier alpha value is -8.94. The average Bonchev–Trinajstić information content (AvgIpc) is 3.82. The van der Waals surface area contributed by atoms with E-state index in [1.165, 1.54) is 11.1 Å². The summed E-state index contributed by atoms with van der Waals surface area (Å²) in [7, 11) is 0. The van der Waals surface area contributed by atoms with Crippen LogP contribution in [0.2, 0.25) is 0 Å². The highest BCUT2D eigenvalue weighted by Gasteiger charge is 2.22. The number of aryl methyl sites for hydroxylation is 2. The van der Waals surface area contributed by atoms with Gasteiger partial charge in [-0.2, -0.15) is 21.0 Å². The van der Waals surface area contributed by atoms with Gasteiger partial charge in [0.25, 0.3) is 0 Å². The fraction of sp³-hybridized carbons (Fsp3) is 0.0357. The van der Waals surface area contributed by atoms with Gasteiger partial charge in [-0.25, -0.2) is 0 Å². The molecule has 2 aromatic heterocycles. The molecular weight excluding hydrogens is 757 g/mol. The van der Waals surface area contributed by atoms with Crippen LogP contribution in [0.1, 0.15) is 33.4 Å². The highest BCUT2D eigenvalue weighted by molar-refractivity contribution is 6.22. The number of hydrogen-bond acceptors (Lipinski definition) is 4. The molecule has 0 N–H and O–H groups in total. The Morgan fingerprint density at radius 3 is 0.903 bits per heavy atom. The van der Waals surface area contributed by atoms with Crippen molar-refractivity contribution in [2.24, 2.45) is 0 Å². The van der Waals surface area contributed by atoms with Crippen LogP contribution in [-0.2, 0) is 0 Å². The van der Waals surface area contributed by atoms with E-state index in [0.29, 0.717) is 22.3 Å². The molecule has 11 rings (SSSR count). The molecule has 0 aliphatic carbocycles. The Morgan fingerprint density at radius 1 is 0.306 bits per heavy atom. The number of aromatic nitrogens is 2. The lowest BCUT2D eigenvalue weighted by Gasteiger charge is -2.21. The van der Waals surface area contributed by atoms with Crippen LogP contribution in [0.15, 0.2) is 158 Å². The molecule has 0 saturated carbocycles. The van der Waals surface area contributed by atoms with Crippen molar-refractivity contribution in [3.63, 3.8) is 0 Å². The molecule has 0 spiro atoms. The average molecular weight is 789 g/mol. The molecule has 0 aliphatic rings. The SMILES string of the molecule is Cc1ccc(-c2c3ccc(-n4c5ccc(C#N)cc5c5cc(C#N)ccc54)cc3c(-c3ccc(C)cc3)c3ccc(-n4c5ccc(C#N)cc5c5cc(C#N)ccc54)cc23)cc1. The van der Waals surface area contributed by atoms with Crippen LogP contribution in [-0.4, -0.2) is 9.13 Å². The first-order valence-corrected chi connectivity index (χ1v) is 20.3. The lowest BCUT2D eigenvalue weighted by atomic mass is 9.85. The Balaban J connectivity index is 1.27. The van der Waals surface area contributed by atoms with Crippen molar-refractivity contribution < 1.29 is 0 Å². The Morgan fingerprint density at radius 2 is 0.613 bits per heavy atom. The second kappa shape index (κ2) is 13.8. The van der Waals surface area contributed by atoms with Crippen molar-refractivity contribution >= 4 is 65.2 Å². The molecule has 11 aromatic rings. The van der Waals surface area contributed by atoms with Gasteiger partial charge >= 0.3 is 0 Å². The summed E-state index contributed by atoms with van der Waals surface area (Å²) in [5.41, 5.74) is 14.7. The van der Waals surface area contributed by atoms with Crippen LogP contribution in [0.5, 0.6) is 0 Å². The van der Waals surface area contributed by atoms with Crippen LogP contribution in [0.4, 0.5) is 0 Å². The van der Waals surface area contributed by atoms with E-state index in [1.807, 2.05) is 72.8 Å². The minimum absolute atomic E-state index is 0.562. The quantitative estimate of drug-likeness (QED) is 0.166. The Bertz CT molecular complexity index is 3510. The van der Waals surface area contributed by atoms with E-state index in [2.05, 4.69) is 132 Å². The molecule has 0 saturated heterocycles. The number of nitriles is 4. The first-order valence-electron chi connectivity index (χ1n) is 20.3. The number of benzene rings is 9. The van der Waals surface area contributed by atoms with E-state index >= 15 is 0 Å². The standard InChI is InChI=1S/C56H32N6/c1-33-3-11-39(12-4-33)55-43-17-15-42(62-53-21-9-37(31-59)25-47(53)48-26-38(32-60)10-22-54(48)62)28-50(43)56(40-13-5-34(2)6-14-40)44-18-16-41(27-49(44)55)61-51-19-7-35(29-57)23-45(51)46-24-36(30-58)8-20-52(46)61/h3-28H,1-2H3. The van der Waals surface area contributed by atoms with Crippen molar-refractivity contribution in [3.05, 3.63) is 191 Å². The molecule has 0 unspecified atom stereocenters. The molecule has 62 heavy (non-hydrogen) atoms. The lowest BCUT2D eigenvalue weighted by Crippen LogP contribution is -1.98. The maximum absolute atomic E-state index is 9.86. The van der Waals surface area contributed by atoms with E-state index in [9.17, 15) is 21.0 Å². The summed E-state index contributed by atoms with van der Waals surface area (Å²) in [5.74, 6) is 0. The predicted molar refractivity (Wildman–Crippen MR) is 249 cm³/mol. The zero-order valence-corrected chi connectivity index (χ0v) is 33.7. The van der Waals surface area contributed by atoms with Gasteiger partial charge in [-0.15, -0.1) is 0 Å². The maximum atomic E-state index is 9.86. The molecule has 0 aliphatic heterocycles. The molecule has 0 radical (unpaired) electrons. The van der Waals surface area contributed by atoms with E-state index in [1.54, 1.807) is 0 Å². The summed E-state index contributed by atoms with van der Waals surface area (Å²) in [6.45, 7) is 4.21. The van der Waals surface area contributed by atoms with Gasteiger partial charge in [-0.3, -0.25) is 0 Å². The Labute approximate surface area is 356 Å². The van der Waals surface area contributed by atoms with Gasteiger partial charge < -0.3 is 9.13 Å². The number of fused-ring (bicyclic) bond motifs is 8. The fourth-order valence-electron chi connectivity index (χ4n) is 9.43. The number of rotatable bonds is 4. The van der Waals surface area contributed by atoms with E-state index in [4.69, 9.17) is 0 Å². The zero-order chi connectivity index (χ0) is 42.2. The van der Waals surface area contributed by atoms with Crippen molar-refractivity contribution in [3.8, 4) is 57.9 Å². The second-order valence-electron chi connectivity index (χ2n) is 16.0. The number of nitrogens with zero attached hydrogens (tertiary/aromatic N) is 6. The monoisotopic (exact) mass is 788 g/mol. The fourth-order valence-corrected chi connectivity index (χ4v) is 9.43. The van der Waals surface area contributed by atoms with Gasteiger partial charge in [0.05, 0.1) is 68.6 Å². The Kier molecular flexibility index (Phi) is 8.07. The topological polar surface area (TPSA) is 105 Å². The summed E-state index contributed by atoms with van der Waals surface area (Å²) in [6.07, 6.45) is 0. The van der Waals surface area contributed by atoms with Crippen LogP contribution < -0.4 is 0 Å². The lowest BCUT2D eigenvalue weighted by molar-refractivity contribution is 1.18. The van der Waals surface area contributed by atoms with Gasteiger partial charge in [-0.05, 0) is 155 Å². The van der Waals surface area contributed by atoms with Crippen molar-refractivity contribution in [1.29, 1.82) is 21.0 Å². The number of hydrogen-bond donors (Lipinski definition) is 0. The van der Waals surface area contributed by atoms with Crippen LogP contribution in [0, 0.1) is 59.2 Å². The van der Waals surface area contributed by atoms with E-state index in [0.717, 1.165) is 98.8 Å². The highest BCUT2D eigenvalue weighted by Crippen LogP contribution is 2.46. The van der Waals surface area contributed by atoms with Crippen molar-refractivity contribution in [2.45, 2.75) is 13.8 Å². The van der Waals surface area contributed by atoms with Gasteiger partial charge in [0.1, 0.15) is 0 Å². The zero-order valence-electron chi connectivity index (χ0n) is 33.7. The molecule has 286 valence electrons. The first-order chi connectivity index (χ1) is 30.3. The summed E-state index contributed by atoms with van der Waals surface area (Å²) >= 11 is 0.